The quantitative estimate of drug-likeness (QED) is 0.246. The number of nitriles is 1. The Morgan fingerprint density at radius 3 is 3.09 bits per heavy atom. The number of nitrogens with zero attached hydrogens (tertiary/aromatic N) is 2. The van der Waals surface area contributed by atoms with Crippen LogP contribution in [0.5, 0.6) is 0 Å². The van der Waals surface area contributed by atoms with Crippen LogP contribution in [0.15, 0.2) is 4.99 Å². The maximum atomic E-state index is 8.06. The van der Waals surface area contributed by atoms with E-state index < -0.39 is 0 Å². The Bertz CT molecular complexity index is 160. The van der Waals surface area contributed by atoms with E-state index in [4.69, 9.17) is 15.7 Å². The molecule has 0 radical (unpaired) electrons. The SMILES string of the molecule is COCCCNC(N)=NC#N. The molecular weight excluding hydrogens is 144 g/mol. The molecule has 0 rings (SSSR count). The van der Waals surface area contributed by atoms with Crippen LogP contribution in [0.1, 0.15) is 6.42 Å². The minimum absolute atomic E-state index is 0.156. The molecule has 3 N–H and O–H groups in total. The van der Waals surface area contributed by atoms with Crippen molar-refractivity contribution >= 4 is 5.96 Å². The number of guanidine groups is 1. The van der Waals surface area contributed by atoms with Gasteiger partial charge in [0.25, 0.3) is 0 Å². The number of rotatable bonds is 4. The molecule has 0 bridgehead atoms. The van der Waals surface area contributed by atoms with Crippen molar-refractivity contribution in [2.45, 2.75) is 6.42 Å². The van der Waals surface area contributed by atoms with E-state index in [0.717, 1.165) is 6.42 Å². The van der Waals surface area contributed by atoms with Gasteiger partial charge in [0, 0.05) is 20.3 Å². The van der Waals surface area contributed by atoms with Crippen LogP contribution < -0.4 is 11.1 Å². The lowest BCUT2D eigenvalue weighted by Gasteiger charge is -2.01. The van der Waals surface area contributed by atoms with Crippen LogP contribution in [0.4, 0.5) is 0 Å². The predicted molar refractivity (Wildman–Crippen MR) is 41.7 cm³/mol. The zero-order chi connectivity index (χ0) is 8.53. The smallest absolute Gasteiger partial charge is 0.209 e. The molecule has 0 atom stereocenters. The van der Waals surface area contributed by atoms with Crippen molar-refractivity contribution in [2.75, 3.05) is 20.3 Å². The van der Waals surface area contributed by atoms with Crippen LogP contribution in [0, 0.1) is 11.5 Å². The standard InChI is InChI=1S/C6H12N4O/c1-11-4-2-3-9-6(8)10-5-7/h2-4H2,1H3,(H3,8,9,10). The summed E-state index contributed by atoms with van der Waals surface area (Å²) in [5, 5.41) is 10.8. The van der Waals surface area contributed by atoms with Gasteiger partial charge in [0.2, 0.25) is 12.2 Å². The molecule has 0 fully saturated rings. The monoisotopic (exact) mass is 156 g/mol. The van der Waals surface area contributed by atoms with Crippen molar-refractivity contribution in [1.29, 1.82) is 5.26 Å². The fraction of sp³-hybridized carbons (Fsp3) is 0.667. The molecule has 0 aliphatic carbocycles. The molecule has 0 aliphatic heterocycles. The highest BCUT2D eigenvalue weighted by molar-refractivity contribution is 5.78. The number of nitrogens with one attached hydrogen (secondary N) is 1. The molecule has 5 heteroatoms. The van der Waals surface area contributed by atoms with Crippen LogP contribution in [0.2, 0.25) is 0 Å². The van der Waals surface area contributed by atoms with Crippen molar-refractivity contribution in [3.63, 3.8) is 0 Å². The summed E-state index contributed by atoms with van der Waals surface area (Å²) < 4.78 is 4.80. The lowest BCUT2D eigenvalue weighted by molar-refractivity contribution is 0.195. The third-order valence-electron chi connectivity index (χ3n) is 1.00. The first-order valence-electron chi connectivity index (χ1n) is 3.26. The fourth-order valence-electron chi connectivity index (χ4n) is 0.526. The van der Waals surface area contributed by atoms with Gasteiger partial charge >= 0.3 is 0 Å². The molecule has 0 saturated heterocycles. The first kappa shape index (κ1) is 9.72. The first-order valence-corrected chi connectivity index (χ1v) is 3.26. The van der Waals surface area contributed by atoms with E-state index >= 15 is 0 Å². The van der Waals surface area contributed by atoms with Crippen LogP contribution in [-0.2, 0) is 4.74 Å². The highest BCUT2D eigenvalue weighted by Crippen LogP contribution is 1.75. The summed E-state index contributed by atoms with van der Waals surface area (Å²) >= 11 is 0. The minimum atomic E-state index is 0.156. The molecule has 0 aromatic carbocycles. The van der Waals surface area contributed by atoms with Gasteiger partial charge in [0.15, 0.2) is 0 Å². The molecule has 0 unspecified atom stereocenters. The highest BCUT2D eigenvalue weighted by atomic mass is 16.5. The predicted octanol–water partition coefficient (Wildman–Crippen LogP) is -0.592. The van der Waals surface area contributed by atoms with Gasteiger partial charge in [-0.25, -0.2) is 0 Å². The number of aliphatic imine (C=N–C) groups is 1. The van der Waals surface area contributed by atoms with Crippen LogP contribution in [0.25, 0.3) is 0 Å². The second-order valence-electron chi connectivity index (χ2n) is 1.87. The number of hydrogen-bond donors (Lipinski definition) is 2. The summed E-state index contributed by atoms with van der Waals surface area (Å²) in [6.07, 6.45) is 2.42. The van der Waals surface area contributed by atoms with E-state index in [1.165, 1.54) is 0 Å². The Labute approximate surface area is 65.9 Å². The first-order chi connectivity index (χ1) is 5.31. The van der Waals surface area contributed by atoms with E-state index in [1.54, 1.807) is 13.3 Å². The lowest BCUT2D eigenvalue weighted by Crippen LogP contribution is -2.32. The van der Waals surface area contributed by atoms with E-state index in [2.05, 4.69) is 10.3 Å². The van der Waals surface area contributed by atoms with Gasteiger partial charge in [-0.2, -0.15) is 5.26 Å². The summed E-state index contributed by atoms with van der Waals surface area (Å²) in [6, 6.07) is 0. The van der Waals surface area contributed by atoms with Gasteiger partial charge in [0.1, 0.15) is 0 Å². The average molecular weight is 156 g/mol. The summed E-state index contributed by atoms with van der Waals surface area (Å²) in [7, 11) is 1.63. The Kier molecular flexibility index (Phi) is 6.04. The van der Waals surface area contributed by atoms with Crippen molar-refractivity contribution < 1.29 is 4.74 Å². The van der Waals surface area contributed by atoms with Gasteiger partial charge in [0.05, 0.1) is 0 Å². The third kappa shape index (κ3) is 6.61. The van der Waals surface area contributed by atoms with E-state index in [-0.39, 0.29) is 5.96 Å². The number of methoxy groups -OCH3 is 1. The van der Waals surface area contributed by atoms with Crippen LogP contribution >= 0.6 is 0 Å². The minimum Gasteiger partial charge on any atom is -0.385 e. The maximum Gasteiger partial charge on any atom is 0.209 e. The molecule has 0 aromatic rings. The van der Waals surface area contributed by atoms with Crippen LogP contribution in [-0.4, -0.2) is 26.2 Å². The second kappa shape index (κ2) is 6.83. The molecule has 0 aliphatic rings. The van der Waals surface area contributed by atoms with Crippen molar-refractivity contribution in [1.82, 2.24) is 5.32 Å². The zero-order valence-corrected chi connectivity index (χ0v) is 6.50. The van der Waals surface area contributed by atoms with Crippen molar-refractivity contribution in [3.05, 3.63) is 0 Å². The topological polar surface area (TPSA) is 83.4 Å². The molecule has 11 heavy (non-hydrogen) atoms. The Hall–Kier alpha value is -1.28. The second-order valence-corrected chi connectivity index (χ2v) is 1.87. The van der Waals surface area contributed by atoms with E-state index in [1.807, 2.05) is 0 Å². The molecule has 0 heterocycles. The van der Waals surface area contributed by atoms with Crippen LogP contribution in [0.3, 0.4) is 0 Å². The molecule has 0 spiro atoms. The molecule has 0 amide bonds. The van der Waals surface area contributed by atoms with E-state index in [9.17, 15) is 0 Å². The van der Waals surface area contributed by atoms with Gasteiger partial charge in [-0.1, -0.05) is 0 Å². The highest BCUT2D eigenvalue weighted by Gasteiger charge is 1.88. The molecule has 62 valence electrons. The van der Waals surface area contributed by atoms with E-state index in [0.29, 0.717) is 13.2 Å². The van der Waals surface area contributed by atoms with Gasteiger partial charge in [-0.05, 0) is 6.42 Å². The van der Waals surface area contributed by atoms with Crippen molar-refractivity contribution in [3.8, 4) is 6.19 Å². The fourth-order valence-corrected chi connectivity index (χ4v) is 0.526. The number of ether oxygens (including phenoxy) is 1. The summed E-state index contributed by atoms with van der Waals surface area (Å²) in [6.45, 7) is 1.34. The zero-order valence-electron chi connectivity index (χ0n) is 6.50. The third-order valence-corrected chi connectivity index (χ3v) is 1.00. The van der Waals surface area contributed by atoms with Gasteiger partial charge in [-0.3, -0.25) is 0 Å². The van der Waals surface area contributed by atoms with Gasteiger partial charge in [-0.15, -0.1) is 4.99 Å². The number of nitrogens with two attached hydrogens (primary N) is 1. The Morgan fingerprint density at radius 1 is 1.82 bits per heavy atom. The summed E-state index contributed by atoms with van der Waals surface area (Å²) in [4.78, 5) is 3.27. The maximum absolute atomic E-state index is 8.06. The molecule has 0 saturated carbocycles. The number of hydrogen-bond acceptors (Lipinski definition) is 3. The molecular formula is C6H12N4O. The molecule has 5 nitrogen and oxygen atoms in total. The Morgan fingerprint density at radius 2 is 2.55 bits per heavy atom. The van der Waals surface area contributed by atoms with Gasteiger partial charge < -0.3 is 15.8 Å². The summed E-state index contributed by atoms with van der Waals surface area (Å²) in [5.74, 6) is 0.156. The Balaban J connectivity index is 3.26. The largest absolute Gasteiger partial charge is 0.385 e. The normalized spacial score (nSPS) is 10.7. The molecule has 0 aromatic heterocycles. The van der Waals surface area contributed by atoms with Crippen molar-refractivity contribution in [2.24, 2.45) is 10.7 Å². The summed E-state index contributed by atoms with van der Waals surface area (Å²) in [5.41, 5.74) is 5.24. The lowest BCUT2D eigenvalue weighted by atomic mass is 10.4. The average Bonchev–Trinajstić information content (AvgIpc) is 1.99.